The summed E-state index contributed by atoms with van der Waals surface area (Å²) < 4.78 is 9.32. The SMILES string of the molecule is CCCn1c2ccccc2c2ccnc(-n3c4ccccc4c4ccc(-n5c6ccccc6c6ccc(-c7nccn7C)cc65)cc43)c21.[Pt+2]. The van der Waals surface area contributed by atoms with Crippen molar-refractivity contribution in [3.63, 3.8) is 0 Å². The Bertz CT molecular complexity index is 2880. The van der Waals surface area contributed by atoms with Gasteiger partial charge in [0.2, 0.25) is 0 Å². The number of benzene rings is 5. The number of pyridine rings is 1. The van der Waals surface area contributed by atoms with Gasteiger partial charge in [0.15, 0.2) is 5.82 Å². The van der Waals surface area contributed by atoms with E-state index in [9.17, 15) is 0 Å². The molecule has 0 unspecified atom stereocenters. The van der Waals surface area contributed by atoms with Gasteiger partial charge in [0.1, 0.15) is 5.82 Å². The summed E-state index contributed by atoms with van der Waals surface area (Å²) in [5.41, 5.74) is 9.23. The number of nitrogens with zero attached hydrogens (tertiary/aromatic N) is 6. The average molecular weight is 816 g/mol. The Kier molecular flexibility index (Phi) is 6.85. The molecule has 0 amide bonds. The van der Waals surface area contributed by atoms with Crippen molar-refractivity contribution in [3.05, 3.63) is 134 Å². The molecule has 0 N–H and O–H groups in total. The summed E-state index contributed by atoms with van der Waals surface area (Å²) in [6.45, 7) is 3.17. The molecule has 238 valence electrons. The second kappa shape index (κ2) is 11.3. The van der Waals surface area contributed by atoms with Crippen molar-refractivity contribution in [3.8, 4) is 22.9 Å². The normalized spacial score (nSPS) is 11.9. The van der Waals surface area contributed by atoms with Gasteiger partial charge in [-0.05, 0) is 48.9 Å². The van der Waals surface area contributed by atoms with Crippen molar-refractivity contribution in [2.45, 2.75) is 19.9 Å². The predicted molar refractivity (Wildman–Crippen MR) is 198 cm³/mol. The molecule has 0 aliphatic heterocycles. The van der Waals surface area contributed by atoms with Crippen LogP contribution in [0, 0.1) is 0 Å². The van der Waals surface area contributed by atoms with Gasteiger partial charge in [0.25, 0.3) is 0 Å². The van der Waals surface area contributed by atoms with Crippen LogP contribution in [0.15, 0.2) is 134 Å². The summed E-state index contributed by atoms with van der Waals surface area (Å²) in [7, 11) is 2.04. The topological polar surface area (TPSA) is 45.5 Å². The van der Waals surface area contributed by atoms with Gasteiger partial charge < -0.3 is 13.7 Å². The van der Waals surface area contributed by atoms with Crippen LogP contribution in [0.3, 0.4) is 0 Å². The number of para-hydroxylation sites is 3. The Labute approximate surface area is 297 Å². The third kappa shape index (κ3) is 4.23. The number of rotatable bonds is 5. The summed E-state index contributed by atoms with van der Waals surface area (Å²) >= 11 is 0. The van der Waals surface area contributed by atoms with Crippen molar-refractivity contribution >= 4 is 65.4 Å². The van der Waals surface area contributed by atoms with Gasteiger partial charge in [-0.3, -0.25) is 4.57 Å². The first-order chi connectivity index (χ1) is 23.7. The van der Waals surface area contributed by atoms with Gasteiger partial charge in [-0.1, -0.05) is 79.7 Å². The molecule has 0 spiro atoms. The molecule has 0 aliphatic carbocycles. The van der Waals surface area contributed by atoms with E-state index in [0.717, 1.165) is 52.4 Å². The van der Waals surface area contributed by atoms with Crippen molar-refractivity contribution in [2.24, 2.45) is 7.05 Å². The molecule has 0 saturated carbocycles. The van der Waals surface area contributed by atoms with Crippen molar-refractivity contribution in [2.75, 3.05) is 0 Å². The molecule has 7 heteroatoms. The Morgan fingerprint density at radius 1 is 0.551 bits per heavy atom. The van der Waals surface area contributed by atoms with E-state index in [2.05, 4.69) is 145 Å². The molecule has 10 aromatic rings. The van der Waals surface area contributed by atoms with Crippen molar-refractivity contribution in [1.82, 2.24) is 28.2 Å². The molecule has 0 radical (unpaired) electrons. The second-order valence-corrected chi connectivity index (χ2v) is 12.7. The molecule has 6 nitrogen and oxygen atoms in total. The number of fused-ring (bicyclic) bond motifs is 9. The van der Waals surface area contributed by atoms with Gasteiger partial charge >= 0.3 is 21.1 Å². The smallest absolute Gasteiger partial charge is 0.337 e. The van der Waals surface area contributed by atoms with Crippen LogP contribution < -0.4 is 0 Å². The van der Waals surface area contributed by atoms with E-state index < -0.39 is 0 Å². The van der Waals surface area contributed by atoms with E-state index >= 15 is 0 Å². The minimum Gasteiger partial charge on any atom is -0.337 e. The van der Waals surface area contributed by atoms with E-state index in [1.807, 2.05) is 25.6 Å². The van der Waals surface area contributed by atoms with Gasteiger partial charge in [-0.15, -0.1) is 0 Å². The number of aryl methyl sites for hydroxylation is 2. The van der Waals surface area contributed by atoms with E-state index in [4.69, 9.17) is 4.98 Å². The summed E-state index contributed by atoms with van der Waals surface area (Å²) in [4.78, 5) is 9.82. The fraction of sp³-hybridized carbons (Fsp3) is 0.0952. The maximum atomic E-state index is 5.15. The summed E-state index contributed by atoms with van der Waals surface area (Å²) in [5, 5.41) is 7.38. The van der Waals surface area contributed by atoms with Crippen LogP contribution in [0.5, 0.6) is 0 Å². The third-order valence-corrected chi connectivity index (χ3v) is 9.99. The maximum Gasteiger partial charge on any atom is 2.00 e. The summed E-state index contributed by atoms with van der Waals surface area (Å²) in [5.74, 6) is 1.91. The zero-order valence-corrected chi connectivity index (χ0v) is 29.4. The number of hydrogen-bond donors (Lipinski definition) is 0. The van der Waals surface area contributed by atoms with Crippen LogP contribution in [0.25, 0.3) is 88.3 Å². The number of aromatic nitrogens is 6. The monoisotopic (exact) mass is 815 g/mol. The quantitative estimate of drug-likeness (QED) is 0.174. The molecule has 5 aromatic carbocycles. The van der Waals surface area contributed by atoms with Crippen LogP contribution in [0.4, 0.5) is 0 Å². The van der Waals surface area contributed by atoms with E-state index in [-0.39, 0.29) is 21.1 Å². The fourth-order valence-electron chi connectivity index (χ4n) is 7.96. The predicted octanol–water partition coefficient (Wildman–Crippen LogP) is 10.2. The zero-order chi connectivity index (χ0) is 31.9. The van der Waals surface area contributed by atoms with Gasteiger partial charge in [-0.2, -0.15) is 0 Å². The van der Waals surface area contributed by atoms with Gasteiger partial charge in [0.05, 0.1) is 27.6 Å². The Hall–Kier alpha value is -5.45. The Morgan fingerprint density at radius 2 is 1.16 bits per heavy atom. The molecule has 5 heterocycles. The van der Waals surface area contributed by atoms with Gasteiger partial charge in [0, 0.05) is 81.3 Å². The molecule has 10 rings (SSSR count). The molecule has 5 aromatic heterocycles. The Balaban J connectivity index is 0.00000325. The first kappa shape index (κ1) is 29.7. The van der Waals surface area contributed by atoms with E-state index in [1.54, 1.807) is 0 Å². The van der Waals surface area contributed by atoms with E-state index in [1.165, 1.54) is 48.9 Å². The van der Waals surface area contributed by atoms with Crippen LogP contribution in [-0.4, -0.2) is 28.2 Å². The zero-order valence-electron chi connectivity index (χ0n) is 27.1. The van der Waals surface area contributed by atoms with Crippen molar-refractivity contribution < 1.29 is 21.1 Å². The third-order valence-electron chi connectivity index (χ3n) is 9.99. The van der Waals surface area contributed by atoms with E-state index in [0.29, 0.717) is 0 Å². The average Bonchev–Trinajstić information content (AvgIpc) is 3.88. The molecule has 49 heavy (non-hydrogen) atoms. The molecule has 0 fully saturated rings. The maximum absolute atomic E-state index is 5.15. The van der Waals surface area contributed by atoms with Crippen LogP contribution in [0.2, 0.25) is 0 Å². The minimum atomic E-state index is 0. The fourth-order valence-corrected chi connectivity index (χ4v) is 7.96. The molecular formula is C42H32N6Pt+2. The number of imidazole rings is 1. The Morgan fingerprint density at radius 3 is 1.86 bits per heavy atom. The first-order valence-corrected chi connectivity index (χ1v) is 16.6. The molecule has 0 atom stereocenters. The molecule has 0 saturated heterocycles. The van der Waals surface area contributed by atoms with Crippen LogP contribution in [-0.2, 0) is 34.7 Å². The minimum absolute atomic E-state index is 0. The van der Waals surface area contributed by atoms with Crippen LogP contribution in [0.1, 0.15) is 13.3 Å². The summed E-state index contributed by atoms with van der Waals surface area (Å²) in [6.07, 6.45) is 6.86. The molecule has 0 bridgehead atoms. The standard InChI is InChI=1S/C42H32N6.Pt/c1-3-23-46-35-13-7-4-12-31(35)34-20-21-43-42(40(34)46)48-37-15-9-6-11-30(37)33-19-17-28(26-39(33)48)47-36-14-8-5-10-29(36)32-18-16-27(25-38(32)47)41-44-22-24-45(41)2;/h4-22,24-26H,3,23H2,1-2H3;/q;+2. The largest absolute Gasteiger partial charge is 2.00 e. The molecule has 0 aliphatic rings. The first-order valence-electron chi connectivity index (χ1n) is 16.6. The second-order valence-electron chi connectivity index (χ2n) is 12.7. The summed E-state index contributed by atoms with van der Waals surface area (Å²) in [6, 6.07) is 41.9. The van der Waals surface area contributed by atoms with Gasteiger partial charge in [-0.25, -0.2) is 9.97 Å². The van der Waals surface area contributed by atoms with Crippen molar-refractivity contribution in [1.29, 1.82) is 0 Å². The van der Waals surface area contributed by atoms with Crippen LogP contribution >= 0.6 is 0 Å². The molecular weight excluding hydrogens is 784 g/mol. The number of hydrogen-bond acceptors (Lipinski definition) is 2.